The van der Waals surface area contributed by atoms with Gasteiger partial charge in [0.05, 0.1) is 19.2 Å². The van der Waals surface area contributed by atoms with Gasteiger partial charge in [0, 0.05) is 10.8 Å². The van der Waals surface area contributed by atoms with Crippen molar-refractivity contribution in [2.45, 2.75) is 5.25 Å². The van der Waals surface area contributed by atoms with Crippen molar-refractivity contribution in [1.29, 1.82) is 0 Å². The van der Waals surface area contributed by atoms with Crippen molar-refractivity contribution < 1.29 is 20.6 Å². The van der Waals surface area contributed by atoms with Crippen LogP contribution >= 0.6 is 0 Å². The van der Waals surface area contributed by atoms with Crippen LogP contribution in [0, 0.1) is 0 Å². The van der Waals surface area contributed by atoms with Crippen LogP contribution in [-0.4, -0.2) is 23.0 Å². The van der Waals surface area contributed by atoms with Gasteiger partial charge < -0.3 is 4.74 Å². The first kappa shape index (κ1) is 9.08. The SMILES string of the molecule is [2H]c1c([2H])c([2H])c(C(c2ccccc2)S(=O)CC(=O)OC)c([2H])c1[2H]. The number of methoxy groups -OCH3 is 1. The zero-order chi connectivity index (χ0) is 18.7. The molecule has 0 heterocycles. The fourth-order valence-corrected chi connectivity index (χ4v) is 3.09. The molecule has 0 aliphatic heterocycles. The molecule has 0 aliphatic carbocycles. The van der Waals surface area contributed by atoms with E-state index in [-0.39, 0.29) is 5.56 Å². The van der Waals surface area contributed by atoms with E-state index in [1.807, 2.05) is 0 Å². The van der Waals surface area contributed by atoms with Gasteiger partial charge in [0.2, 0.25) is 0 Å². The molecule has 0 aromatic heterocycles. The van der Waals surface area contributed by atoms with Crippen molar-refractivity contribution in [3.8, 4) is 0 Å². The summed E-state index contributed by atoms with van der Waals surface area (Å²) in [6.45, 7) is 0. The van der Waals surface area contributed by atoms with Gasteiger partial charge in [-0.05, 0) is 11.1 Å². The minimum Gasteiger partial charge on any atom is -0.468 e. The highest BCUT2D eigenvalue weighted by molar-refractivity contribution is 7.86. The number of hydrogen-bond acceptors (Lipinski definition) is 3. The van der Waals surface area contributed by atoms with E-state index in [4.69, 9.17) is 6.85 Å². The minimum atomic E-state index is -1.88. The zero-order valence-electron chi connectivity index (χ0n) is 15.8. The van der Waals surface area contributed by atoms with E-state index in [9.17, 15) is 9.00 Å². The van der Waals surface area contributed by atoms with Crippen LogP contribution in [-0.2, 0) is 20.3 Å². The average molecular weight is 293 g/mol. The van der Waals surface area contributed by atoms with Gasteiger partial charge in [-0.25, -0.2) is 0 Å². The fourth-order valence-electron chi connectivity index (χ4n) is 1.73. The molecule has 104 valence electrons. The second-order valence-electron chi connectivity index (χ2n) is 3.93. The van der Waals surface area contributed by atoms with Crippen molar-refractivity contribution in [3.63, 3.8) is 0 Å². The molecule has 0 fully saturated rings. The molecule has 0 aliphatic rings. The van der Waals surface area contributed by atoms with E-state index in [1.165, 1.54) is 7.11 Å². The van der Waals surface area contributed by atoms with Crippen LogP contribution < -0.4 is 0 Å². The largest absolute Gasteiger partial charge is 0.468 e. The molecule has 2 atom stereocenters. The maximum atomic E-state index is 12.8. The van der Waals surface area contributed by atoms with Crippen LogP contribution in [0.15, 0.2) is 60.5 Å². The van der Waals surface area contributed by atoms with Gasteiger partial charge in [-0.15, -0.1) is 0 Å². The molecule has 0 N–H and O–H groups in total. The number of rotatable bonds is 5. The minimum absolute atomic E-state index is 0.0977. The van der Waals surface area contributed by atoms with Crippen molar-refractivity contribution in [2.24, 2.45) is 0 Å². The Morgan fingerprint density at radius 3 is 2.45 bits per heavy atom. The second-order valence-corrected chi connectivity index (χ2v) is 5.45. The predicted octanol–water partition coefficient (Wildman–Crippen LogP) is 2.70. The molecular formula is C16H16O3S. The van der Waals surface area contributed by atoms with E-state index < -0.39 is 58.0 Å². The topological polar surface area (TPSA) is 43.4 Å². The van der Waals surface area contributed by atoms with Crippen molar-refractivity contribution in [2.75, 3.05) is 12.9 Å². The highest BCUT2D eigenvalue weighted by Crippen LogP contribution is 2.28. The summed E-state index contributed by atoms with van der Waals surface area (Å²) in [6, 6.07) is 5.99. The number of carbonyl (C=O) groups is 1. The molecule has 3 nitrogen and oxygen atoms in total. The number of hydrogen-bond donors (Lipinski definition) is 0. The Morgan fingerprint density at radius 1 is 1.20 bits per heavy atom. The molecule has 0 saturated heterocycles. The third kappa shape index (κ3) is 3.54. The molecule has 2 aromatic carbocycles. The zero-order valence-corrected chi connectivity index (χ0v) is 11.6. The number of carbonyl (C=O) groups excluding carboxylic acids is 1. The summed E-state index contributed by atoms with van der Waals surface area (Å²) in [5.41, 5.74) is 0.391. The first-order valence-corrected chi connectivity index (χ1v) is 7.23. The van der Waals surface area contributed by atoms with Gasteiger partial charge in [0.15, 0.2) is 0 Å². The molecule has 0 spiro atoms. The molecule has 0 radical (unpaired) electrons. The lowest BCUT2D eigenvalue weighted by Crippen LogP contribution is -2.18. The van der Waals surface area contributed by atoms with E-state index >= 15 is 0 Å². The van der Waals surface area contributed by atoms with Gasteiger partial charge in [-0.3, -0.25) is 9.00 Å². The van der Waals surface area contributed by atoms with Crippen LogP contribution in [0.25, 0.3) is 0 Å². The Kier molecular flexibility index (Phi) is 3.18. The van der Waals surface area contributed by atoms with Gasteiger partial charge in [-0.1, -0.05) is 60.5 Å². The maximum absolute atomic E-state index is 12.8. The molecule has 0 saturated carbocycles. The lowest BCUT2D eigenvalue weighted by molar-refractivity contribution is -0.137. The van der Waals surface area contributed by atoms with Gasteiger partial charge in [-0.2, -0.15) is 0 Å². The third-order valence-electron chi connectivity index (χ3n) is 2.63. The summed E-state index contributed by atoms with van der Waals surface area (Å²) in [7, 11) is -0.708. The van der Waals surface area contributed by atoms with Crippen molar-refractivity contribution >= 4 is 16.8 Å². The quantitative estimate of drug-likeness (QED) is 0.796. The van der Waals surface area contributed by atoms with Crippen LogP contribution in [0.3, 0.4) is 0 Å². The first-order chi connectivity index (χ1) is 11.8. The molecule has 2 unspecified atom stereocenters. The second kappa shape index (κ2) is 7.01. The molecule has 0 bridgehead atoms. The Hall–Kier alpha value is -1.94. The fraction of sp³-hybridized carbons (Fsp3) is 0.188. The van der Waals surface area contributed by atoms with Crippen LogP contribution in [0.4, 0.5) is 0 Å². The highest BCUT2D eigenvalue weighted by atomic mass is 32.2. The van der Waals surface area contributed by atoms with E-state index in [2.05, 4.69) is 4.74 Å². The highest BCUT2D eigenvalue weighted by Gasteiger charge is 2.23. The molecule has 20 heavy (non-hydrogen) atoms. The predicted molar refractivity (Wildman–Crippen MR) is 79.8 cm³/mol. The monoisotopic (exact) mass is 293 g/mol. The number of esters is 1. The average Bonchev–Trinajstić information content (AvgIpc) is 2.62. The van der Waals surface area contributed by atoms with E-state index in [0.717, 1.165) is 0 Å². The normalized spacial score (nSPS) is 16.9. The molecular weight excluding hydrogens is 272 g/mol. The summed E-state index contributed by atoms with van der Waals surface area (Å²) in [4.78, 5) is 11.5. The molecule has 2 rings (SSSR count). The van der Waals surface area contributed by atoms with Gasteiger partial charge in [0.25, 0.3) is 0 Å². The van der Waals surface area contributed by atoms with Crippen LogP contribution in [0.5, 0.6) is 0 Å². The van der Waals surface area contributed by atoms with Gasteiger partial charge in [0.1, 0.15) is 5.75 Å². The smallest absolute Gasteiger partial charge is 0.318 e. The van der Waals surface area contributed by atoms with Gasteiger partial charge >= 0.3 is 5.97 Å². The van der Waals surface area contributed by atoms with Crippen LogP contribution in [0.2, 0.25) is 0 Å². The van der Waals surface area contributed by atoms with E-state index in [1.54, 1.807) is 30.3 Å². The Morgan fingerprint density at radius 2 is 1.85 bits per heavy atom. The van der Waals surface area contributed by atoms with Crippen molar-refractivity contribution in [1.82, 2.24) is 0 Å². The third-order valence-corrected chi connectivity index (χ3v) is 4.19. The molecule has 4 heteroatoms. The summed E-state index contributed by atoms with van der Waals surface area (Å²) in [5.74, 6) is -1.15. The first-order valence-electron chi connectivity index (χ1n) is 8.35. The van der Waals surface area contributed by atoms with E-state index in [0.29, 0.717) is 5.56 Å². The summed E-state index contributed by atoms with van der Waals surface area (Å²) in [5, 5.41) is -1.05. The number of benzene rings is 2. The maximum Gasteiger partial charge on any atom is 0.318 e. The van der Waals surface area contributed by atoms with Crippen molar-refractivity contribution in [3.05, 3.63) is 71.7 Å². The van der Waals surface area contributed by atoms with Crippen LogP contribution in [0.1, 0.15) is 23.2 Å². The Balaban J connectivity index is 2.69. The lowest BCUT2D eigenvalue weighted by atomic mass is 10.0. The summed E-state index contributed by atoms with van der Waals surface area (Å²) < 4.78 is 56.9. The Labute approximate surface area is 128 Å². The molecule has 2 aromatic rings. The standard InChI is InChI=1S/C16H16O3S/c1-19-15(17)12-20(18)16(13-8-4-2-5-9-13)14-10-6-3-7-11-14/h2-11,16H,12H2,1H3/i2D,4D,5D,8D,9D. The lowest BCUT2D eigenvalue weighted by Gasteiger charge is -2.17. The summed E-state index contributed by atoms with van der Waals surface area (Å²) >= 11 is 0. The number of ether oxygens (including phenoxy) is 1. The molecule has 0 amide bonds. The summed E-state index contributed by atoms with van der Waals surface area (Å²) in [6.07, 6.45) is 0. The Bertz CT molecular complexity index is 797.